The summed E-state index contributed by atoms with van der Waals surface area (Å²) in [7, 11) is -0.334. The highest BCUT2D eigenvalue weighted by molar-refractivity contribution is 6.79. The van der Waals surface area contributed by atoms with Crippen molar-refractivity contribution >= 4 is 23.1 Å². The maximum Gasteiger partial charge on any atom is 0.501 e. The summed E-state index contributed by atoms with van der Waals surface area (Å²) < 4.78 is 22.7. The molecule has 0 rings (SSSR count). The molecule has 0 aromatic carbocycles. The third kappa shape index (κ3) is 5.14. The lowest BCUT2D eigenvalue weighted by atomic mass is 10.2. The molecular weight excluding hydrogens is 340 g/mol. The van der Waals surface area contributed by atoms with Gasteiger partial charge in [0, 0.05) is 27.4 Å². The first-order chi connectivity index (χ1) is 11.1. The average molecular weight is 379 g/mol. The van der Waals surface area contributed by atoms with Crippen molar-refractivity contribution in [1.82, 2.24) is 0 Å². The van der Waals surface area contributed by atoms with E-state index in [1.165, 1.54) is 0 Å². The Morgan fingerprint density at radius 3 is 1.58 bits per heavy atom. The lowest BCUT2D eigenvalue weighted by Crippen LogP contribution is -2.52. The van der Waals surface area contributed by atoms with Crippen LogP contribution in [0.2, 0.25) is 22.7 Å². The van der Waals surface area contributed by atoms with Crippen molar-refractivity contribution in [2.45, 2.75) is 77.6 Å². The molecular formula is C17H38O5Si2. The van der Waals surface area contributed by atoms with Gasteiger partial charge in [-0.2, -0.15) is 0 Å². The second kappa shape index (κ2) is 10.1. The molecule has 5 nitrogen and oxygen atoms in total. The minimum atomic E-state index is -2.79. The number of carbonyl (C=O) groups is 1. The van der Waals surface area contributed by atoms with E-state index < -0.39 is 17.1 Å². The maximum atomic E-state index is 12.9. The number of rotatable bonds is 11. The highest BCUT2D eigenvalue weighted by Crippen LogP contribution is 2.44. The fourth-order valence-electron chi connectivity index (χ4n) is 3.69. The van der Waals surface area contributed by atoms with Crippen LogP contribution in [0.4, 0.5) is 0 Å². The minimum Gasteiger partial charge on any atom is -0.518 e. The van der Waals surface area contributed by atoms with Gasteiger partial charge in [-0.3, -0.25) is 4.79 Å². The van der Waals surface area contributed by atoms with Gasteiger partial charge in [0.05, 0.1) is 5.92 Å². The first-order valence-corrected chi connectivity index (χ1v) is 13.0. The molecule has 0 fully saturated rings. The van der Waals surface area contributed by atoms with E-state index >= 15 is 0 Å². The van der Waals surface area contributed by atoms with E-state index in [1.54, 1.807) is 21.3 Å². The number of hydrogen-bond acceptors (Lipinski definition) is 5. The first kappa shape index (κ1) is 23.8. The van der Waals surface area contributed by atoms with E-state index in [-0.39, 0.29) is 11.9 Å². The van der Waals surface area contributed by atoms with E-state index in [2.05, 4.69) is 41.5 Å². The summed E-state index contributed by atoms with van der Waals surface area (Å²) in [6.07, 6.45) is 1.02. The van der Waals surface area contributed by atoms with Gasteiger partial charge in [-0.15, -0.1) is 0 Å². The van der Waals surface area contributed by atoms with Crippen LogP contribution in [0.5, 0.6) is 0 Å². The highest BCUT2D eigenvalue weighted by Gasteiger charge is 2.50. The number of hydrogen-bond donors (Lipinski definition) is 0. The second-order valence-electron chi connectivity index (χ2n) is 7.29. The van der Waals surface area contributed by atoms with Gasteiger partial charge in [-0.1, -0.05) is 54.9 Å². The fourth-order valence-corrected chi connectivity index (χ4v) is 11.1. The Morgan fingerprint density at radius 1 is 0.875 bits per heavy atom. The first-order valence-electron chi connectivity index (χ1n) is 8.95. The molecule has 0 spiro atoms. The average Bonchev–Trinajstić information content (AvgIpc) is 2.55. The van der Waals surface area contributed by atoms with Crippen LogP contribution in [0.25, 0.3) is 0 Å². The van der Waals surface area contributed by atoms with Crippen LogP contribution < -0.4 is 0 Å². The van der Waals surface area contributed by atoms with Gasteiger partial charge in [-0.25, -0.2) is 0 Å². The highest BCUT2D eigenvalue weighted by atomic mass is 28.4. The quantitative estimate of drug-likeness (QED) is 0.491. The lowest BCUT2D eigenvalue weighted by molar-refractivity contribution is -0.139. The molecule has 0 aliphatic heterocycles. The SMILES string of the molecule is CCC(C)[Si](OC(=O)C(C)C[Si](OC)(OC)OC)(C(C)C)C(C)C. The van der Waals surface area contributed by atoms with Crippen molar-refractivity contribution in [1.29, 1.82) is 0 Å². The van der Waals surface area contributed by atoms with Crippen LogP contribution in [-0.2, 0) is 22.5 Å². The molecule has 0 N–H and O–H groups in total. The van der Waals surface area contributed by atoms with Crippen LogP contribution >= 0.6 is 0 Å². The molecule has 0 bridgehead atoms. The molecule has 0 saturated heterocycles. The Hall–Kier alpha value is -0.216. The summed E-state index contributed by atoms with van der Waals surface area (Å²) in [6, 6.07) is 0.427. The van der Waals surface area contributed by atoms with Crippen LogP contribution in [0.15, 0.2) is 0 Å². The third-order valence-electron chi connectivity index (χ3n) is 5.36. The van der Waals surface area contributed by atoms with E-state index in [0.29, 0.717) is 22.7 Å². The fraction of sp³-hybridized carbons (Fsp3) is 0.941. The molecule has 144 valence electrons. The van der Waals surface area contributed by atoms with Gasteiger partial charge >= 0.3 is 8.80 Å². The molecule has 2 unspecified atom stereocenters. The third-order valence-corrected chi connectivity index (χ3v) is 14.4. The standard InChI is InChI=1S/C17H38O5Si2/c1-11-16(7)24(13(2)3,14(4)5)22-17(18)15(6)12-23(19-8,20-9)21-10/h13-16H,11-12H2,1-10H3. The van der Waals surface area contributed by atoms with E-state index in [1.807, 2.05) is 6.92 Å². The molecule has 0 amide bonds. The second-order valence-corrected chi connectivity index (χ2v) is 15.5. The molecule has 0 saturated carbocycles. The van der Waals surface area contributed by atoms with Gasteiger partial charge < -0.3 is 17.7 Å². The smallest absolute Gasteiger partial charge is 0.501 e. The van der Waals surface area contributed by atoms with Crippen molar-refractivity contribution in [3.05, 3.63) is 0 Å². The van der Waals surface area contributed by atoms with E-state index in [9.17, 15) is 4.79 Å². The van der Waals surface area contributed by atoms with Crippen molar-refractivity contribution in [3.63, 3.8) is 0 Å². The molecule has 24 heavy (non-hydrogen) atoms. The van der Waals surface area contributed by atoms with Crippen molar-refractivity contribution in [3.8, 4) is 0 Å². The predicted octanol–water partition coefficient (Wildman–Crippen LogP) is 4.61. The zero-order valence-corrected chi connectivity index (χ0v) is 19.3. The van der Waals surface area contributed by atoms with Gasteiger partial charge in [-0.05, 0) is 16.6 Å². The molecule has 7 heteroatoms. The number of carbonyl (C=O) groups excluding carboxylic acids is 1. The lowest BCUT2D eigenvalue weighted by Gasteiger charge is -2.43. The molecule has 2 atom stereocenters. The van der Waals surface area contributed by atoms with Crippen LogP contribution in [0, 0.1) is 5.92 Å². The van der Waals surface area contributed by atoms with Gasteiger partial charge in [0.15, 0.2) is 0 Å². The summed E-state index contributed by atoms with van der Waals surface area (Å²) in [4.78, 5) is 12.9. The van der Waals surface area contributed by atoms with E-state index in [0.717, 1.165) is 6.42 Å². The summed E-state index contributed by atoms with van der Waals surface area (Å²) in [6.45, 7) is 15.0. The summed E-state index contributed by atoms with van der Waals surface area (Å²) in [5.41, 5.74) is 1.17. The Kier molecular flexibility index (Phi) is 9.97. The monoisotopic (exact) mass is 378 g/mol. The largest absolute Gasteiger partial charge is 0.518 e. The summed E-state index contributed by atoms with van der Waals surface area (Å²) in [5.74, 6) is -0.461. The minimum absolute atomic E-state index is 0.146. The van der Waals surface area contributed by atoms with E-state index in [4.69, 9.17) is 17.7 Å². The zero-order valence-electron chi connectivity index (χ0n) is 17.3. The van der Waals surface area contributed by atoms with Crippen LogP contribution in [0.3, 0.4) is 0 Å². The summed E-state index contributed by atoms with van der Waals surface area (Å²) >= 11 is 0. The normalized spacial score (nSPS) is 15.7. The zero-order chi connectivity index (χ0) is 19.1. The Balaban J connectivity index is 5.40. The van der Waals surface area contributed by atoms with Crippen molar-refractivity contribution < 1.29 is 22.5 Å². The Morgan fingerprint density at radius 2 is 1.29 bits per heavy atom. The van der Waals surface area contributed by atoms with Crippen LogP contribution in [-0.4, -0.2) is 44.4 Å². The van der Waals surface area contributed by atoms with Crippen molar-refractivity contribution in [2.24, 2.45) is 5.92 Å². The van der Waals surface area contributed by atoms with Crippen LogP contribution in [0.1, 0.15) is 54.9 Å². The maximum absolute atomic E-state index is 12.9. The van der Waals surface area contributed by atoms with Gasteiger partial charge in [0.1, 0.15) is 0 Å². The van der Waals surface area contributed by atoms with Gasteiger partial charge in [0.2, 0.25) is 0 Å². The Bertz CT molecular complexity index is 367. The molecule has 0 aliphatic rings. The topological polar surface area (TPSA) is 54.0 Å². The Labute approximate surface area is 150 Å². The van der Waals surface area contributed by atoms with Gasteiger partial charge in [0.25, 0.3) is 14.3 Å². The molecule has 0 aromatic heterocycles. The molecule has 0 radical (unpaired) electrons. The van der Waals surface area contributed by atoms with Crippen molar-refractivity contribution in [2.75, 3.05) is 21.3 Å². The molecule has 0 aromatic rings. The predicted molar refractivity (Wildman–Crippen MR) is 103 cm³/mol. The molecule has 0 aliphatic carbocycles. The summed E-state index contributed by atoms with van der Waals surface area (Å²) in [5, 5.41) is 0. The molecule has 0 heterocycles.